The molecule has 0 saturated carbocycles. The molecule has 2 aromatic carbocycles. The fourth-order valence-electron chi connectivity index (χ4n) is 4.67. The molecule has 37 heavy (non-hydrogen) atoms. The Balaban J connectivity index is 1.15. The predicted molar refractivity (Wildman–Crippen MR) is 132 cm³/mol. The van der Waals surface area contributed by atoms with E-state index in [1.165, 1.54) is 6.33 Å². The average molecular weight is 499 g/mol. The Hall–Kier alpha value is -4.87. The summed E-state index contributed by atoms with van der Waals surface area (Å²) in [6, 6.07) is 14.0. The minimum atomic E-state index is -0.435. The number of rotatable bonds is 5. The first kappa shape index (κ1) is 22.6. The second-order valence-corrected chi connectivity index (χ2v) is 8.68. The summed E-state index contributed by atoms with van der Waals surface area (Å²) in [6.45, 7) is 1.56. The number of piperazine rings is 1. The molecular weight excluding hydrogens is 476 g/mol. The topological polar surface area (TPSA) is 127 Å². The Kier molecular flexibility index (Phi) is 5.48. The van der Waals surface area contributed by atoms with Gasteiger partial charge in [-0.3, -0.25) is 19.3 Å². The molecule has 186 valence electrons. The smallest absolute Gasteiger partial charge is 0.262 e. The summed E-state index contributed by atoms with van der Waals surface area (Å²) in [5, 5.41) is 8.60. The van der Waals surface area contributed by atoms with E-state index in [-0.39, 0.29) is 12.5 Å². The van der Waals surface area contributed by atoms with Crippen molar-refractivity contribution in [3.8, 4) is 11.4 Å². The number of hydrogen-bond donors (Lipinski definition) is 0. The molecule has 12 nitrogen and oxygen atoms in total. The molecular formula is C25H22N8O4. The Morgan fingerprint density at radius 1 is 0.946 bits per heavy atom. The third-order valence-electron chi connectivity index (χ3n) is 6.62. The van der Waals surface area contributed by atoms with E-state index < -0.39 is 11.8 Å². The molecule has 0 unspecified atom stereocenters. The number of imide groups is 1. The van der Waals surface area contributed by atoms with Gasteiger partial charge in [0.05, 0.1) is 23.9 Å². The van der Waals surface area contributed by atoms with E-state index in [4.69, 9.17) is 4.74 Å². The van der Waals surface area contributed by atoms with E-state index in [0.717, 1.165) is 10.6 Å². The molecule has 6 rings (SSSR count). The Bertz CT molecular complexity index is 1510. The number of carbonyl (C=O) groups excluding carboxylic acids is 3. The Labute approximate surface area is 211 Å². The predicted octanol–water partition coefficient (Wildman–Crippen LogP) is 1.16. The molecule has 0 spiro atoms. The molecule has 4 heterocycles. The van der Waals surface area contributed by atoms with Crippen molar-refractivity contribution in [2.24, 2.45) is 0 Å². The van der Waals surface area contributed by atoms with Crippen LogP contribution in [-0.4, -0.2) is 92.3 Å². The van der Waals surface area contributed by atoms with Crippen LogP contribution in [0.2, 0.25) is 0 Å². The summed E-state index contributed by atoms with van der Waals surface area (Å²) in [5.74, 6) is 0.181. The van der Waals surface area contributed by atoms with Crippen LogP contribution in [-0.2, 0) is 4.79 Å². The van der Waals surface area contributed by atoms with Crippen LogP contribution in [0.3, 0.4) is 0 Å². The van der Waals surface area contributed by atoms with Crippen molar-refractivity contribution in [3.63, 3.8) is 0 Å². The van der Waals surface area contributed by atoms with Crippen molar-refractivity contribution in [2.75, 3.05) is 44.7 Å². The first-order chi connectivity index (χ1) is 18.0. The zero-order valence-corrected chi connectivity index (χ0v) is 19.9. The van der Waals surface area contributed by atoms with Gasteiger partial charge >= 0.3 is 0 Å². The lowest BCUT2D eigenvalue weighted by Gasteiger charge is -2.35. The van der Waals surface area contributed by atoms with Gasteiger partial charge in [-0.15, -0.1) is 5.10 Å². The molecule has 1 fully saturated rings. The molecule has 0 atom stereocenters. The van der Waals surface area contributed by atoms with Crippen LogP contribution in [0, 0.1) is 0 Å². The molecule has 0 N–H and O–H groups in total. The van der Waals surface area contributed by atoms with Gasteiger partial charge in [-0.05, 0) is 24.3 Å². The number of carbonyl (C=O) groups is 3. The quantitative estimate of drug-likeness (QED) is 0.373. The number of amides is 3. The van der Waals surface area contributed by atoms with Crippen LogP contribution in [0.25, 0.3) is 16.9 Å². The van der Waals surface area contributed by atoms with E-state index in [2.05, 4.69) is 20.3 Å². The van der Waals surface area contributed by atoms with Crippen molar-refractivity contribution >= 4 is 34.7 Å². The second-order valence-electron chi connectivity index (χ2n) is 8.68. The van der Waals surface area contributed by atoms with Crippen molar-refractivity contribution in [1.82, 2.24) is 34.8 Å². The summed E-state index contributed by atoms with van der Waals surface area (Å²) in [5.41, 5.74) is 2.54. The Morgan fingerprint density at radius 2 is 1.68 bits per heavy atom. The third-order valence-corrected chi connectivity index (χ3v) is 6.62. The molecule has 12 heteroatoms. The van der Waals surface area contributed by atoms with Crippen LogP contribution in [0.15, 0.2) is 54.9 Å². The number of nitrogens with zero attached hydrogens (tertiary/aromatic N) is 8. The number of fused-ring (bicyclic) bond motifs is 2. The minimum Gasteiger partial charge on any atom is -0.497 e. The van der Waals surface area contributed by atoms with Gasteiger partial charge in [-0.25, -0.2) is 9.97 Å². The lowest BCUT2D eigenvalue weighted by molar-refractivity contribution is -0.131. The summed E-state index contributed by atoms with van der Waals surface area (Å²) < 4.78 is 6.94. The van der Waals surface area contributed by atoms with Gasteiger partial charge < -0.3 is 14.5 Å². The van der Waals surface area contributed by atoms with Gasteiger partial charge in [-0.2, -0.15) is 4.68 Å². The summed E-state index contributed by atoms with van der Waals surface area (Å²) in [7, 11) is 1.60. The van der Waals surface area contributed by atoms with E-state index >= 15 is 0 Å². The fraction of sp³-hybridized carbons (Fsp3) is 0.240. The molecule has 3 amide bonds. The van der Waals surface area contributed by atoms with E-state index in [9.17, 15) is 14.4 Å². The van der Waals surface area contributed by atoms with E-state index in [1.807, 2.05) is 29.2 Å². The third kappa shape index (κ3) is 3.82. The number of benzene rings is 2. The standard InChI is InChI=1S/C25H22N8O4/c1-37-17-6-4-5-16(13-17)33-23-21(28-29-33)22(26-15-27-23)31-11-9-30(10-12-31)20(34)14-32-24(35)18-7-2-3-8-19(18)25(32)36/h2-8,13,15H,9-12,14H2,1H3. The fourth-order valence-corrected chi connectivity index (χ4v) is 4.67. The zero-order chi connectivity index (χ0) is 25.5. The number of anilines is 1. The first-order valence-electron chi connectivity index (χ1n) is 11.7. The lowest BCUT2D eigenvalue weighted by Crippen LogP contribution is -2.52. The van der Waals surface area contributed by atoms with Crippen molar-refractivity contribution in [1.29, 1.82) is 0 Å². The first-order valence-corrected chi connectivity index (χ1v) is 11.7. The molecule has 2 aliphatic heterocycles. The molecule has 2 aliphatic rings. The summed E-state index contributed by atoms with van der Waals surface area (Å²) >= 11 is 0. The van der Waals surface area contributed by atoms with Crippen molar-refractivity contribution in [2.45, 2.75) is 0 Å². The Morgan fingerprint density at radius 3 is 2.38 bits per heavy atom. The largest absolute Gasteiger partial charge is 0.497 e. The summed E-state index contributed by atoms with van der Waals surface area (Å²) in [6.07, 6.45) is 1.47. The molecule has 0 radical (unpaired) electrons. The van der Waals surface area contributed by atoms with Gasteiger partial charge in [0.15, 0.2) is 17.0 Å². The van der Waals surface area contributed by atoms with Crippen molar-refractivity contribution < 1.29 is 19.1 Å². The molecule has 0 aliphatic carbocycles. The van der Waals surface area contributed by atoms with Gasteiger partial charge in [-0.1, -0.05) is 23.4 Å². The SMILES string of the molecule is COc1cccc(-n2nnc3c(N4CCN(C(=O)CN5C(=O)c6ccccc6C5=O)CC4)ncnc32)c1. The maximum absolute atomic E-state index is 13.0. The van der Waals surface area contributed by atoms with Crippen LogP contribution in [0.1, 0.15) is 20.7 Å². The monoisotopic (exact) mass is 498 g/mol. The van der Waals surface area contributed by atoms with E-state index in [1.54, 1.807) is 41.0 Å². The maximum Gasteiger partial charge on any atom is 0.262 e. The summed E-state index contributed by atoms with van der Waals surface area (Å²) in [4.78, 5) is 51.7. The van der Waals surface area contributed by atoms with Crippen LogP contribution >= 0.6 is 0 Å². The number of aromatic nitrogens is 5. The number of methoxy groups -OCH3 is 1. The highest BCUT2D eigenvalue weighted by molar-refractivity contribution is 6.22. The molecule has 1 saturated heterocycles. The molecule has 4 aromatic rings. The zero-order valence-electron chi connectivity index (χ0n) is 19.9. The normalized spacial score (nSPS) is 15.4. The van der Waals surface area contributed by atoms with E-state index in [0.29, 0.717) is 60.0 Å². The molecule has 0 bridgehead atoms. The van der Waals surface area contributed by atoms with Gasteiger partial charge in [0, 0.05) is 32.2 Å². The van der Waals surface area contributed by atoms with Gasteiger partial charge in [0.2, 0.25) is 5.91 Å². The highest BCUT2D eigenvalue weighted by Crippen LogP contribution is 2.26. The lowest BCUT2D eigenvalue weighted by atomic mass is 10.1. The van der Waals surface area contributed by atoms with Crippen LogP contribution in [0.5, 0.6) is 5.75 Å². The highest BCUT2D eigenvalue weighted by Gasteiger charge is 2.37. The van der Waals surface area contributed by atoms with Gasteiger partial charge in [0.25, 0.3) is 11.8 Å². The average Bonchev–Trinajstić information content (AvgIpc) is 3.49. The second kappa shape index (κ2) is 8.97. The number of ether oxygens (including phenoxy) is 1. The van der Waals surface area contributed by atoms with Crippen LogP contribution in [0.4, 0.5) is 5.82 Å². The maximum atomic E-state index is 13.0. The minimum absolute atomic E-state index is 0.272. The van der Waals surface area contributed by atoms with Crippen LogP contribution < -0.4 is 9.64 Å². The highest BCUT2D eigenvalue weighted by atomic mass is 16.5. The molecule has 2 aromatic heterocycles. The van der Waals surface area contributed by atoms with Gasteiger partial charge in [0.1, 0.15) is 18.6 Å². The van der Waals surface area contributed by atoms with Crippen molar-refractivity contribution in [3.05, 3.63) is 66.0 Å². The number of hydrogen-bond acceptors (Lipinski definition) is 9.